The van der Waals surface area contributed by atoms with E-state index in [1.54, 1.807) is 26.9 Å². The van der Waals surface area contributed by atoms with Crippen molar-refractivity contribution in [2.24, 2.45) is 0 Å². The van der Waals surface area contributed by atoms with Gasteiger partial charge in [-0.1, -0.05) is 54.7 Å². The summed E-state index contributed by atoms with van der Waals surface area (Å²) >= 11 is 1.55. The van der Waals surface area contributed by atoms with Crippen molar-refractivity contribution in [3.8, 4) is 5.69 Å². The number of rotatable bonds is 5. The van der Waals surface area contributed by atoms with Gasteiger partial charge in [0, 0.05) is 23.8 Å². The molecule has 4 rings (SSSR count). The number of aryl methyl sites for hydroxylation is 2. The van der Waals surface area contributed by atoms with Crippen LogP contribution < -0.4 is 5.56 Å². The lowest BCUT2D eigenvalue weighted by Crippen LogP contribution is -2.20. The summed E-state index contributed by atoms with van der Waals surface area (Å²) in [6.45, 7) is 7.86. The fourth-order valence-electron chi connectivity index (χ4n) is 2.94. The third-order valence-corrected chi connectivity index (χ3v) is 5.81. The van der Waals surface area contributed by atoms with Gasteiger partial charge in [0.1, 0.15) is 0 Å². The van der Waals surface area contributed by atoms with Gasteiger partial charge in [-0.05, 0) is 48.2 Å². The van der Waals surface area contributed by atoms with Crippen LogP contribution in [0.4, 0.5) is 0 Å². The first-order chi connectivity index (χ1) is 13.6. The van der Waals surface area contributed by atoms with E-state index in [4.69, 9.17) is 0 Å². The van der Waals surface area contributed by atoms with Crippen LogP contribution in [0.25, 0.3) is 17.4 Å². The van der Waals surface area contributed by atoms with E-state index >= 15 is 0 Å². The first-order valence-electron chi connectivity index (χ1n) is 8.95. The molecule has 0 amide bonds. The van der Waals surface area contributed by atoms with Crippen LogP contribution in [0.2, 0.25) is 0 Å². The molecule has 2 aromatic heterocycles. The fourth-order valence-corrected chi connectivity index (χ4v) is 3.81. The zero-order valence-corrected chi connectivity index (χ0v) is 16.6. The molecule has 2 heterocycles. The highest BCUT2D eigenvalue weighted by Gasteiger charge is 2.12. The molecule has 0 spiro atoms. The minimum absolute atomic E-state index is 0.180. The molecule has 6 heteroatoms. The van der Waals surface area contributed by atoms with Crippen LogP contribution in [0, 0.1) is 13.8 Å². The topological polar surface area (TPSA) is 52.2 Å². The first-order valence-corrected chi connectivity index (χ1v) is 9.93. The molecule has 0 aliphatic rings. The molecule has 140 valence electrons. The molecule has 28 heavy (non-hydrogen) atoms. The summed E-state index contributed by atoms with van der Waals surface area (Å²) in [7, 11) is 0. The number of hydrogen-bond acceptors (Lipinski definition) is 4. The Morgan fingerprint density at radius 3 is 2.54 bits per heavy atom. The van der Waals surface area contributed by atoms with Gasteiger partial charge in [0.2, 0.25) is 5.65 Å². The van der Waals surface area contributed by atoms with Gasteiger partial charge in [0.05, 0.1) is 0 Å². The zero-order chi connectivity index (χ0) is 19.7. The molecule has 2 aromatic carbocycles. The van der Waals surface area contributed by atoms with Crippen molar-refractivity contribution in [3.63, 3.8) is 0 Å². The van der Waals surface area contributed by atoms with Crippen LogP contribution in [0.1, 0.15) is 22.3 Å². The summed E-state index contributed by atoms with van der Waals surface area (Å²) in [6.07, 6.45) is 5.43. The third-order valence-electron chi connectivity index (χ3n) is 4.79. The molecule has 0 atom stereocenters. The van der Waals surface area contributed by atoms with E-state index in [2.05, 4.69) is 35.8 Å². The predicted octanol–water partition coefficient (Wildman–Crippen LogP) is 4.43. The van der Waals surface area contributed by atoms with Crippen LogP contribution in [0.15, 0.2) is 71.4 Å². The molecule has 4 aromatic rings. The summed E-state index contributed by atoms with van der Waals surface area (Å²) in [5.41, 5.74) is 5.58. The first kappa shape index (κ1) is 18.3. The SMILES string of the molecule is C=Cc1ccc(CSc2nnc3c(=O)n(-c4ccc(C)c(C)c4)ccn23)cc1. The van der Waals surface area contributed by atoms with E-state index in [-0.39, 0.29) is 5.56 Å². The second-order valence-electron chi connectivity index (χ2n) is 6.65. The van der Waals surface area contributed by atoms with Crippen LogP contribution in [-0.2, 0) is 5.75 Å². The lowest BCUT2D eigenvalue weighted by Gasteiger charge is -2.08. The fraction of sp³-hybridized carbons (Fsp3) is 0.136. The van der Waals surface area contributed by atoms with Gasteiger partial charge in [0.15, 0.2) is 5.16 Å². The molecule has 0 bridgehead atoms. The highest BCUT2D eigenvalue weighted by molar-refractivity contribution is 7.98. The summed E-state index contributed by atoms with van der Waals surface area (Å²) in [5, 5.41) is 9.05. The Morgan fingerprint density at radius 2 is 1.82 bits per heavy atom. The Hall–Kier alpha value is -3.12. The predicted molar refractivity (Wildman–Crippen MR) is 114 cm³/mol. The van der Waals surface area contributed by atoms with Gasteiger partial charge >= 0.3 is 5.56 Å². The summed E-state index contributed by atoms with van der Waals surface area (Å²) in [5.74, 6) is 0.748. The molecular weight excluding hydrogens is 368 g/mol. The van der Waals surface area contributed by atoms with Crippen LogP contribution >= 0.6 is 11.8 Å². The molecule has 0 aliphatic carbocycles. The van der Waals surface area contributed by atoms with E-state index in [1.807, 2.05) is 49.5 Å². The van der Waals surface area contributed by atoms with Gasteiger partial charge in [-0.25, -0.2) is 0 Å². The van der Waals surface area contributed by atoms with E-state index < -0.39 is 0 Å². The molecule has 0 radical (unpaired) electrons. The van der Waals surface area contributed by atoms with E-state index in [1.165, 1.54) is 11.1 Å². The summed E-state index contributed by atoms with van der Waals surface area (Å²) < 4.78 is 3.36. The number of aromatic nitrogens is 4. The molecule has 0 unspecified atom stereocenters. The number of fused-ring (bicyclic) bond motifs is 1. The number of hydrogen-bond donors (Lipinski definition) is 0. The van der Waals surface area contributed by atoms with Crippen LogP contribution in [-0.4, -0.2) is 19.2 Å². The van der Waals surface area contributed by atoms with Crippen molar-refractivity contribution in [1.82, 2.24) is 19.2 Å². The largest absolute Gasteiger partial charge is 0.300 e. The maximum atomic E-state index is 12.9. The Kier molecular flexibility index (Phi) is 4.88. The Morgan fingerprint density at radius 1 is 1.04 bits per heavy atom. The molecule has 0 N–H and O–H groups in total. The smallest absolute Gasteiger partial charge is 0.280 e. The van der Waals surface area contributed by atoms with Gasteiger partial charge in [-0.2, -0.15) is 0 Å². The Bertz CT molecular complexity index is 1220. The summed E-state index contributed by atoms with van der Waals surface area (Å²) in [6, 6.07) is 14.2. The van der Waals surface area contributed by atoms with E-state index in [0.29, 0.717) is 10.8 Å². The Balaban J connectivity index is 1.63. The van der Waals surface area contributed by atoms with Gasteiger partial charge in [-0.15, -0.1) is 10.2 Å². The van der Waals surface area contributed by atoms with Crippen molar-refractivity contribution in [2.45, 2.75) is 24.8 Å². The van der Waals surface area contributed by atoms with Gasteiger partial charge < -0.3 is 0 Å². The van der Waals surface area contributed by atoms with Crippen molar-refractivity contribution >= 4 is 23.5 Å². The average Bonchev–Trinajstić information content (AvgIpc) is 3.13. The quantitative estimate of drug-likeness (QED) is 0.475. The zero-order valence-electron chi connectivity index (χ0n) is 15.8. The average molecular weight is 388 g/mol. The minimum atomic E-state index is -0.180. The molecule has 5 nitrogen and oxygen atoms in total. The van der Waals surface area contributed by atoms with E-state index in [9.17, 15) is 4.79 Å². The van der Waals surface area contributed by atoms with Crippen molar-refractivity contribution in [3.05, 3.63) is 94.0 Å². The summed E-state index contributed by atoms with van der Waals surface area (Å²) in [4.78, 5) is 12.9. The second kappa shape index (κ2) is 7.48. The van der Waals surface area contributed by atoms with E-state index in [0.717, 1.165) is 22.6 Å². The normalized spacial score (nSPS) is 11.1. The number of thioether (sulfide) groups is 1. The van der Waals surface area contributed by atoms with Crippen LogP contribution in [0.3, 0.4) is 0 Å². The lowest BCUT2D eigenvalue weighted by molar-refractivity contribution is 0.892. The standard InChI is InChI=1S/C22H20N4OS/c1-4-17-6-8-18(9-7-17)14-28-22-24-23-20-21(27)25(11-12-26(20)22)19-10-5-15(2)16(3)13-19/h4-13H,1,14H2,2-3H3. The molecule has 0 aliphatic heterocycles. The minimum Gasteiger partial charge on any atom is -0.280 e. The number of nitrogens with zero attached hydrogens (tertiary/aromatic N) is 4. The molecule has 0 saturated carbocycles. The van der Waals surface area contributed by atoms with Gasteiger partial charge in [0.25, 0.3) is 0 Å². The van der Waals surface area contributed by atoms with Gasteiger partial charge in [-0.3, -0.25) is 13.8 Å². The molecular formula is C22H20N4OS. The van der Waals surface area contributed by atoms with Crippen molar-refractivity contribution < 1.29 is 0 Å². The Labute approximate surface area is 167 Å². The van der Waals surface area contributed by atoms with Crippen LogP contribution in [0.5, 0.6) is 0 Å². The highest BCUT2D eigenvalue weighted by atomic mass is 32.2. The molecule has 0 fully saturated rings. The number of benzene rings is 2. The van der Waals surface area contributed by atoms with Crippen molar-refractivity contribution in [2.75, 3.05) is 0 Å². The maximum Gasteiger partial charge on any atom is 0.300 e. The van der Waals surface area contributed by atoms with Crippen molar-refractivity contribution in [1.29, 1.82) is 0 Å². The maximum absolute atomic E-state index is 12.9. The lowest BCUT2D eigenvalue weighted by atomic mass is 10.1. The molecule has 0 saturated heterocycles. The monoisotopic (exact) mass is 388 g/mol. The highest BCUT2D eigenvalue weighted by Crippen LogP contribution is 2.22. The third kappa shape index (κ3) is 3.39. The second-order valence-corrected chi connectivity index (χ2v) is 7.59.